The first-order valence-corrected chi connectivity index (χ1v) is 2.43. The van der Waals surface area contributed by atoms with Gasteiger partial charge in [0.2, 0.25) is 0 Å². The molecule has 0 atom stereocenters. The molecule has 42 valence electrons. The number of aliphatic imine (C=N–C) groups is 1. The van der Waals surface area contributed by atoms with E-state index in [1.807, 2.05) is 6.92 Å². The fourth-order valence-electron chi connectivity index (χ4n) is 0.321. The highest BCUT2D eigenvalue weighted by atomic mass is 14.7. The zero-order chi connectivity index (χ0) is 5.70. The fraction of sp³-hybridized carbons (Fsp3) is 0.800. The molecule has 0 aliphatic carbocycles. The minimum Gasteiger partial charge on any atom is -0.330 e. The smallest absolute Gasteiger partial charge is 0.0276 e. The van der Waals surface area contributed by atoms with Gasteiger partial charge in [0, 0.05) is 12.8 Å². The number of hydrogen-bond donors (Lipinski definition) is 1. The highest BCUT2D eigenvalue weighted by molar-refractivity contribution is 5.81. The molecule has 0 rings (SSSR count). The van der Waals surface area contributed by atoms with Gasteiger partial charge >= 0.3 is 0 Å². The standard InChI is InChI=1S/C5H12N2/c1-5(7-2)3-4-6/h3-4,6H2,1-2H3. The largest absolute Gasteiger partial charge is 0.330 e. The highest BCUT2D eigenvalue weighted by Gasteiger charge is 1.81. The Morgan fingerprint density at radius 3 is 2.43 bits per heavy atom. The Morgan fingerprint density at radius 1 is 1.71 bits per heavy atom. The predicted octanol–water partition coefficient (Wildman–Crippen LogP) is 0.426. The van der Waals surface area contributed by atoms with Crippen LogP contribution in [0.4, 0.5) is 0 Å². The van der Waals surface area contributed by atoms with Gasteiger partial charge in [0.1, 0.15) is 0 Å². The molecule has 0 aromatic rings. The van der Waals surface area contributed by atoms with Crippen LogP contribution < -0.4 is 5.73 Å². The van der Waals surface area contributed by atoms with Crippen LogP contribution in [-0.4, -0.2) is 19.3 Å². The summed E-state index contributed by atoms with van der Waals surface area (Å²) in [6.45, 7) is 2.69. The molecule has 0 heterocycles. The normalized spacial score (nSPS) is 12.1. The Kier molecular flexibility index (Phi) is 3.61. The van der Waals surface area contributed by atoms with Gasteiger partial charge < -0.3 is 5.73 Å². The maximum atomic E-state index is 5.22. The van der Waals surface area contributed by atoms with Gasteiger partial charge in [-0.3, -0.25) is 4.99 Å². The van der Waals surface area contributed by atoms with E-state index in [1.54, 1.807) is 7.05 Å². The molecule has 0 saturated carbocycles. The van der Waals surface area contributed by atoms with Crippen LogP contribution in [0.1, 0.15) is 13.3 Å². The van der Waals surface area contributed by atoms with E-state index in [2.05, 4.69) is 4.99 Å². The molecule has 7 heavy (non-hydrogen) atoms. The van der Waals surface area contributed by atoms with Crippen molar-refractivity contribution in [2.45, 2.75) is 13.3 Å². The SMILES string of the molecule is CN=C(C)CCN. The quantitative estimate of drug-likeness (QED) is 0.502. The Morgan fingerprint density at radius 2 is 2.29 bits per heavy atom. The average Bonchev–Trinajstić information content (AvgIpc) is 1.68. The first kappa shape index (κ1) is 6.63. The van der Waals surface area contributed by atoms with E-state index in [0.717, 1.165) is 12.1 Å². The lowest BCUT2D eigenvalue weighted by Crippen LogP contribution is -2.03. The lowest BCUT2D eigenvalue weighted by atomic mass is 10.3. The third-order valence-corrected chi connectivity index (χ3v) is 0.888. The summed E-state index contributed by atoms with van der Waals surface area (Å²) in [6.07, 6.45) is 0.927. The van der Waals surface area contributed by atoms with E-state index in [-0.39, 0.29) is 0 Å². The maximum Gasteiger partial charge on any atom is 0.0276 e. The van der Waals surface area contributed by atoms with E-state index in [4.69, 9.17) is 5.73 Å². The summed E-state index contributed by atoms with van der Waals surface area (Å²) in [6, 6.07) is 0. The number of nitrogens with two attached hydrogens (primary N) is 1. The molecule has 0 radical (unpaired) electrons. The monoisotopic (exact) mass is 100 g/mol. The molecule has 2 N–H and O–H groups in total. The van der Waals surface area contributed by atoms with Crippen LogP contribution in [0.2, 0.25) is 0 Å². The van der Waals surface area contributed by atoms with Gasteiger partial charge in [-0.2, -0.15) is 0 Å². The van der Waals surface area contributed by atoms with Crippen molar-refractivity contribution in [1.82, 2.24) is 0 Å². The summed E-state index contributed by atoms with van der Waals surface area (Å²) >= 11 is 0. The summed E-state index contributed by atoms with van der Waals surface area (Å²) in [5.74, 6) is 0. The van der Waals surface area contributed by atoms with Gasteiger partial charge in [0.25, 0.3) is 0 Å². The van der Waals surface area contributed by atoms with Crippen LogP contribution in [0.15, 0.2) is 4.99 Å². The van der Waals surface area contributed by atoms with E-state index >= 15 is 0 Å². The van der Waals surface area contributed by atoms with E-state index in [0.29, 0.717) is 6.54 Å². The molecule has 0 aromatic heterocycles. The van der Waals surface area contributed by atoms with E-state index < -0.39 is 0 Å². The first-order chi connectivity index (χ1) is 3.31. The molecule has 2 nitrogen and oxygen atoms in total. The van der Waals surface area contributed by atoms with Crippen molar-refractivity contribution in [3.63, 3.8) is 0 Å². The van der Waals surface area contributed by atoms with Crippen molar-refractivity contribution in [1.29, 1.82) is 0 Å². The van der Waals surface area contributed by atoms with Crippen LogP contribution in [0.3, 0.4) is 0 Å². The summed E-state index contributed by atoms with van der Waals surface area (Å²) in [5.41, 5.74) is 6.35. The Bertz CT molecular complexity index is 66.5. The second-order valence-corrected chi connectivity index (χ2v) is 1.50. The second kappa shape index (κ2) is 3.81. The molecule has 0 spiro atoms. The van der Waals surface area contributed by atoms with Crippen molar-refractivity contribution in [2.75, 3.05) is 13.6 Å². The zero-order valence-electron chi connectivity index (χ0n) is 4.94. The predicted molar refractivity (Wildman–Crippen MR) is 32.7 cm³/mol. The van der Waals surface area contributed by atoms with Crippen LogP contribution in [-0.2, 0) is 0 Å². The fourth-order valence-corrected chi connectivity index (χ4v) is 0.321. The first-order valence-electron chi connectivity index (χ1n) is 2.43. The van der Waals surface area contributed by atoms with Crippen molar-refractivity contribution in [3.05, 3.63) is 0 Å². The number of hydrogen-bond acceptors (Lipinski definition) is 2. The molecule has 0 aromatic carbocycles. The molecule has 0 amide bonds. The molecular formula is C5H12N2. The van der Waals surface area contributed by atoms with Crippen LogP contribution in [0.25, 0.3) is 0 Å². The van der Waals surface area contributed by atoms with Crippen LogP contribution in [0, 0.1) is 0 Å². The maximum absolute atomic E-state index is 5.22. The number of rotatable bonds is 2. The molecule has 0 unspecified atom stereocenters. The highest BCUT2D eigenvalue weighted by Crippen LogP contribution is 1.78. The molecule has 0 aliphatic heterocycles. The zero-order valence-corrected chi connectivity index (χ0v) is 4.94. The van der Waals surface area contributed by atoms with Crippen molar-refractivity contribution < 1.29 is 0 Å². The van der Waals surface area contributed by atoms with Crippen molar-refractivity contribution in [3.8, 4) is 0 Å². The molecule has 0 bridgehead atoms. The lowest BCUT2D eigenvalue weighted by molar-refractivity contribution is 1.03. The van der Waals surface area contributed by atoms with E-state index in [9.17, 15) is 0 Å². The van der Waals surface area contributed by atoms with Crippen molar-refractivity contribution >= 4 is 5.71 Å². The summed E-state index contributed by atoms with van der Waals surface area (Å²) in [5, 5.41) is 0. The van der Waals surface area contributed by atoms with Gasteiger partial charge in [-0.05, 0) is 19.9 Å². The van der Waals surface area contributed by atoms with Crippen LogP contribution >= 0.6 is 0 Å². The Hall–Kier alpha value is -0.370. The van der Waals surface area contributed by atoms with Crippen molar-refractivity contribution in [2.24, 2.45) is 10.7 Å². The summed E-state index contributed by atoms with van der Waals surface area (Å²) in [7, 11) is 1.78. The van der Waals surface area contributed by atoms with Gasteiger partial charge in [-0.1, -0.05) is 0 Å². The van der Waals surface area contributed by atoms with Gasteiger partial charge in [-0.25, -0.2) is 0 Å². The average molecular weight is 100 g/mol. The third kappa shape index (κ3) is 3.46. The molecule has 2 heteroatoms. The topological polar surface area (TPSA) is 38.4 Å². The van der Waals surface area contributed by atoms with E-state index in [1.165, 1.54) is 0 Å². The molecule has 0 saturated heterocycles. The minimum atomic E-state index is 0.711. The molecular weight excluding hydrogens is 88.1 g/mol. The Balaban J connectivity index is 3.17. The van der Waals surface area contributed by atoms with Gasteiger partial charge in [0.05, 0.1) is 0 Å². The Labute approximate surface area is 44.4 Å². The summed E-state index contributed by atoms with van der Waals surface area (Å²) in [4.78, 5) is 3.91. The van der Waals surface area contributed by atoms with Gasteiger partial charge in [0.15, 0.2) is 0 Å². The van der Waals surface area contributed by atoms with Crippen LogP contribution in [0.5, 0.6) is 0 Å². The number of nitrogens with zero attached hydrogens (tertiary/aromatic N) is 1. The molecule has 0 aliphatic rings. The second-order valence-electron chi connectivity index (χ2n) is 1.50. The lowest BCUT2D eigenvalue weighted by Gasteiger charge is -1.90. The minimum absolute atomic E-state index is 0.711. The molecule has 0 fully saturated rings. The van der Waals surface area contributed by atoms with Gasteiger partial charge in [-0.15, -0.1) is 0 Å². The third-order valence-electron chi connectivity index (χ3n) is 0.888. The summed E-state index contributed by atoms with van der Waals surface area (Å²) < 4.78 is 0.